The first-order chi connectivity index (χ1) is 10.6. The monoisotopic (exact) mass is 295 g/mol. The molecule has 110 valence electrons. The van der Waals surface area contributed by atoms with Gasteiger partial charge >= 0.3 is 0 Å². The maximum Gasteiger partial charge on any atom is 0.164 e. The number of rotatable bonds is 3. The average Bonchev–Trinajstić information content (AvgIpc) is 2.52. The van der Waals surface area contributed by atoms with E-state index in [-0.39, 0.29) is 11.6 Å². The van der Waals surface area contributed by atoms with Crippen LogP contribution in [-0.2, 0) is 0 Å². The van der Waals surface area contributed by atoms with Crippen molar-refractivity contribution in [1.82, 2.24) is 4.98 Å². The van der Waals surface area contributed by atoms with Gasteiger partial charge in [0, 0.05) is 10.9 Å². The zero-order valence-electron chi connectivity index (χ0n) is 12.3. The van der Waals surface area contributed by atoms with Crippen LogP contribution in [0, 0.1) is 5.82 Å². The second kappa shape index (κ2) is 5.56. The molecular formula is C18H14FNO2. The van der Waals surface area contributed by atoms with Gasteiger partial charge in [-0.05, 0) is 25.1 Å². The molecule has 0 spiro atoms. The molecule has 0 atom stereocenters. The summed E-state index contributed by atoms with van der Waals surface area (Å²) in [6, 6.07) is 13.4. The summed E-state index contributed by atoms with van der Waals surface area (Å²) in [5, 5.41) is 0.729. The first kappa shape index (κ1) is 14.2. The number of aromatic nitrogens is 1. The highest BCUT2D eigenvalue weighted by Gasteiger charge is 2.20. The fourth-order valence-electron chi connectivity index (χ4n) is 2.57. The van der Waals surface area contributed by atoms with Crippen LogP contribution >= 0.6 is 0 Å². The molecular weight excluding hydrogens is 281 g/mol. The lowest BCUT2D eigenvalue weighted by atomic mass is 10.00. The van der Waals surface area contributed by atoms with Crippen molar-refractivity contribution in [3.05, 3.63) is 59.9 Å². The quantitative estimate of drug-likeness (QED) is 0.678. The zero-order valence-corrected chi connectivity index (χ0v) is 12.3. The first-order valence-corrected chi connectivity index (χ1v) is 6.85. The predicted molar refractivity (Wildman–Crippen MR) is 83.7 cm³/mol. The van der Waals surface area contributed by atoms with E-state index in [4.69, 9.17) is 4.74 Å². The van der Waals surface area contributed by atoms with Crippen molar-refractivity contribution >= 4 is 16.7 Å². The Morgan fingerprint density at radius 1 is 1.14 bits per heavy atom. The van der Waals surface area contributed by atoms with Gasteiger partial charge in [-0.3, -0.25) is 4.79 Å². The van der Waals surface area contributed by atoms with Crippen molar-refractivity contribution in [1.29, 1.82) is 0 Å². The van der Waals surface area contributed by atoms with Crippen LogP contribution in [0.3, 0.4) is 0 Å². The highest BCUT2D eigenvalue weighted by molar-refractivity contribution is 6.10. The Bertz CT molecular complexity index is 874. The van der Waals surface area contributed by atoms with Crippen LogP contribution in [0.1, 0.15) is 17.3 Å². The van der Waals surface area contributed by atoms with Gasteiger partial charge in [0.15, 0.2) is 11.5 Å². The SMILES string of the molecule is COc1c(-c2cccc(F)c2)nc2ccccc2c1C(C)=O. The number of hydrogen-bond acceptors (Lipinski definition) is 3. The summed E-state index contributed by atoms with van der Waals surface area (Å²) in [7, 11) is 1.49. The maximum atomic E-state index is 13.5. The molecule has 0 aliphatic heterocycles. The predicted octanol–water partition coefficient (Wildman–Crippen LogP) is 4.25. The molecule has 3 rings (SSSR count). The van der Waals surface area contributed by atoms with Crippen molar-refractivity contribution in [2.24, 2.45) is 0 Å². The second-order valence-corrected chi connectivity index (χ2v) is 4.95. The minimum absolute atomic E-state index is 0.117. The maximum absolute atomic E-state index is 13.5. The van der Waals surface area contributed by atoms with E-state index in [2.05, 4.69) is 4.98 Å². The molecule has 1 heterocycles. The second-order valence-electron chi connectivity index (χ2n) is 4.95. The first-order valence-electron chi connectivity index (χ1n) is 6.85. The van der Waals surface area contributed by atoms with Gasteiger partial charge in [0.1, 0.15) is 11.5 Å². The Balaban J connectivity index is 2.42. The van der Waals surface area contributed by atoms with E-state index in [1.807, 2.05) is 24.3 Å². The Morgan fingerprint density at radius 3 is 2.59 bits per heavy atom. The third kappa shape index (κ3) is 2.33. The fourth-order valence-corrected chi connectivity index (χ4v) is 2.57. The number of ketones is 1. The molecule has 0 N–H and O–H groups in total. The Morgan fingerprint density at radius 2 is 1.91 bits per heavy atom. The molecule has 0 fully saturated rings. The molecule has 0 unspecified atom stereocenters. The number of ether oxygens (including phenoxy) is 1. The van der Waals surface area contributed by atoms with Crippen LogP contribution in [0.2, 0.25) is 0 Å². The Hall–Kier alpha value is -2.75. The molecule has 0 aliphatic rings. The number of pyridine rings is 1. The lowest BCUT2D eigenvalue weighted by Crippen LogP contribution is -2.03. The summed E-state index contributed by atoms with van der Waals surface area (Å²) in [6.45, 7) is 1.49. The number of hydrogen-bond donors (Lipinski definition) is 0. The summed E-state index contributed by atoms with van der Waals surface area (Å²) < 4.78 is 19.0. The summed E-state index contributed by atoms with van der Waals surface area (Å²) in [4.78, 5) is 16.7. The van der Waals surface area contributed by atoms with E-state index in [1.54, 1.807) is 12.1 Å². The molecule has 2 aromatic carbocycles. The standard InChI is InChI=1S/C18H14FNO2/c1-11(21)16-14-8-3-4-9-15(14)20-17(18(16)22-2)12-6-5-7-13(19)10-12/h3-10H,1-2H3. The fraction of sp³-hybridized carbons (Fsp3) is 0.111. The smallest absolute Gasteiger partial charge is 0.164 e. The number of methoxy groups -OCH3 is 1. The Labute approximate surface area is 127 Å². The summed E-state index contributed by atoms with van der Waals surface area (Å²) in [5.74, 6) is -0.108. The zero-order chi connectivity index (χ0) is 15.7. The number of para-hydroxylation sites is 1. The van der Waals surface area contributed by atoms with E-state index >= 15 is 0 Å². The number of carbonyl (C=O) groups is 1. The van der Waals surface area contributed by atoms with Crippen LogP contribution in [0.25, 0.3) is 22.2 Å². The van der Waals surface area contributed by atoms with E-state index in [9.17, 15) is 9.18 Å². The molecule has 0 bridgehead atoms. The molecule has 0 amide bonds. The van der Waals surface area contributed by atoms with Gasteiger partial charge in [0.25, 0.3) is 0 Å². The molecule has 22 heavy (non-hydrogen) atoms. The van der Waals surface area contributed by atoms with Crippen molar-refractivity contribution in [2.45, 2.75) is 6.92 Å². The average molecular weight is 295 g/mol. The normalized spacial score (nSPS) is 10.7. The molecule has 3 nitrogen and oxygen atoms in total. The van der Waals surface area contributed by atoms with Gasteiger partial charge in [0.05, 0.1) is 18.2 Å². The molecule has 3 aromatic rings. The highest BCUT2D eigenvalue weighted by atomic mass is 19.1. The molecule has 1 aromatic heterocycles. The van der Waals surface area contributed by atoms with Crippen molar-refractivity contribution in [3.8, 4) is 17.0 Å². The van der Waals surface area contributed by atoms with E-state index in [1.165, 1.54) is 26.2 Å². The van der Waals surface area contributed by atoms with E-state index in [0.717, 1.165) is 5.39 Å². The third-order valence-electron chi connectivity index (χ3n) is 3.50. The number of carbonyl (C=O) groups excluding carboxylic acids is 1. The van der Waals surface area contributed by atoms with Gasteiger partial charge in [-0.2, -0.15) is 0 Å². The number of fused-ring (bicyclic) bond motifs is 1. The molecule has 0 radical (unpaired) electrons. The van der Waals surface area contributed by atoms with Gasteiger partial charge < -0.3 is 4.74 Å². The topological polar surface area (TPSA) is 39.2 Å². The van der Waals surface area contributed by atoms with Crippen LogP contribution in [0.5, 0.6) is 5.75 Å². The van der Waals surface area contributed by atoms with E-state index in [0.29, 0.717) is 28.1 Å². The molecule has 4 heteroatoms. The van der Waals surface area contributed by atoms with Crippen molar-refractivity contribution in [3.63, 3.8) is 0 Å². The lowest BCUT2D eigenvalue weighted by Gasteiger charge is -2.14. The van der Waals surface area contributed by atoms with Crippen molar-refractivity contribution < 1.29 is 13.9 Å². The summed E-state index contributed by atoms with van der Waals surface area (Å²) in [6.07, 6.45) is 0. The van der Waals surface area contributed by atoms with Crippen LogP contribution in [-0.4, -0.2) is 17.9 Å². The highest BCUT2D eigenvalue weighted by Crippen LogP contribution is 2.36. The summed E-state index contributed by atoms with van der Waals surface area (Å²) in [5.41, 5.74) is 2.18. The van der Waals surface area contributed by atoms with Gasteiger partial charge in [-0.15, -0.1) is 0 Å². The summed E-state index contributed by atoms with van der Waals surface area (Å²) >= 11 is 0. The molecule has 0 saturated heterocycles. The van der Waals surface area contributed by atoms with Crippen LogP contribution < -0.4 is 4.74 Å². The number of nitrogens with zero attached hydrogens (tertiary/aromatic N) is 1. The largest absolute Gasteiger partial charge is 0.494 e. The minimum atomic E-state index is -0.362. The third-order valence-corrected chi connectivity index (χ3v) is 3.50. The van der Waals surface area contributed by atoms with Gasteiger partial charge in [0.2, 0.25) is 0 Å². The van der Waals surface area contributed by atoms with E-state index < -0.39 is 0 Å². The van der Waals surface area contributed by atoms with Gasteiger partial charge in [-0.25, -0.2) is 9.37 Å². The molecule has 0 saturated carbocycles. The van der Waals surface area contributed by atoms with Crippen LogP contribution in [0.4, 0.5) is 4.39 Å². The number of benzene rings is 2. The number of halogens is 1. The van der Waals surface area contributed by atoms with Gasteiger partial charge in [-0.1, -0.05) is 30.3 Å². The van der Waals surface area contributed by atoms with Crippen molar-refractivity contribution in [2.75, 3.05) is 7.11 Å². The number of Topliss-reactive ketones (excluding diaryl/α,β-unsaturated/α-hetero) is 1. The van der Waals surface area contributed by atoms with Crippen LogP contribution in [0.15, 0.2) is 48.5 Å². The Kier molecular flexibility index (Phi) is 3.59. The minimum Gasteiger partial charge on any atom is -0.494 e. The lowest BCUT2D eigenvalue weighted by molar-refractivity contribution is 0.101. The molecule has 0 aliphatic carbocycles.